The largest absolute Gasteiger partial charge is 0.352 e. The predicted octanol–water partition coefficient (Wildman–Crippen LogP) is 2.62. The van der Waals surface area contributed by atoms with Gasteiger partial charge in [0.05, 0.1) is 6.42 Å². The fourth-order valence-corrected chi connectivity index (χ4v) is 2.23. The number of carbonyl (C=O) groups excluding carboxylic acids is 1. The molecule has 3 N–H and O–H groups in total. The maximum absolute atomic E-state index is 12.0. The van der Waals surface area contributed by atoms with Crippen molar-refractivity contribution < 1.29 is 4.79 Å². The van der Waals surface area contributed by atoms with E-state index in [4.69, 9.17) is 5.73 Å². The molecule has 0 aliphatic carbocycles. The minimum Gasteiger partial charge on any atom is -0.352 e. The molecule has 0 fully saturated rings. The van der Waals surface area contributed by atoms with E-state index in [2.05, 4.69) is 31.3 Å². The average Bonchev–Trinajstić information content (AvgIpc) is 2.49. The first-order chi connectivity index (χ1) is 10.1. The van der Waals surface area contributed by atoms with Gasteiger partial charge >= 0.3 is 0 Å². The normalized spacial score (nSPS) is 10.4. The molecule has 0 saturated heterocycles. The van der Waals surface area contributed by atoms with Crippen LogP contribution in [0.2, 0.25) is 0 Å². The quantitative estimate of drug-likeness (QED) is 0.885. The van der Waals surface area contributed by atoms with Crippen molar-refractivity contribution in [2.45, 2.75) is 33.4 Å². The highest BCUT2D eigenvalue weighted by Crippen LogP contribution is 2.10. The highest BCUT2D eigenvalue weighted by Gasteiger charge is 2.05. The lowest BCUT2D eigenvalue weighted by Crippen LogP contribution is -2.24. The molecule has 21 heavy (non-hydrogen) atoms. The number of nitrogens with one attached hydrogen (secondary N) is 1. The minimum atomic E-state index is 0.0383. The zero-order chi connectivity index (χ0) is 15.2. The molecule has 0 heterocycles. The van der Waals surface area contributed by atoms with E-state index >= 15 is 0 Å². The maximum Gasteiger partial charge on any atom is 0.224 e. The van der Waals surface area contributed by atoms with Crippen LogP contribution in [0.4, 0.5) is 0 Å². The van der Waals surface area contributed by atoms with Gasteiger partial charge in [-0.3, -0.25) is 4.79 Å². The van der Waals surface area contributed by atoms with Gasteiger partial charge < -0.3 is 11.1 Å². The van der Waals surface area contributed by atoms with E-state index in [1.54, 1.807) is 0 Å². The second-order valence-corrected chi connectivity index (χ2v) is 5.40. The van der Waals surface area contributed by atoms with Crippen molar-refractivity contribution in [1.29, 1.82) is 0 Å². The zero-order valence-corrected chi connectivity index (χ0v) is 12.6. The Labute approximate surface area is 126 Å². The van der Waals surface area contributed by atoms with Crippen LogP contribution in [0.15, 0.2) is 42.5 Å². The Bertz CT molecular complexity index is 635. The molecule has 0 spiro atoms. The molecule has 0 aromatic heterocycles. The summed E-state index contributed by atoms with van der Waals surface area (Å²) in [5.41, 5.74) is 11.3. The molecule has 2 rings (SSSR count). The third-order valence-electron chi connectivity index (χ3n) is 3.65. The van der Waals surface area contributed by atoms with Crippen molar-refractivity contribution >= 4 is 5.91 Å². The van der Waals surface area contributed by atoms with Gasteiger partial charge in [0.15, 0.2) is 0 Å². The number of hydrogen-bond donors (Lipinski definition) is 2. The van der Waals surface area contributed by atoms with Crippen molar-refractivity contribution in [3.05, 3.63) is 70.3 Å². The van der Waals surface area contributed by atoms with E-state index in [-0.39, 0.29) is 5.91 Å². The molecule has 110 valence electrons. The lowest BCUT2D eigenvalue weighted by Gasteiger charge is -2.08. The van der Waals surface area contributed by atoms with Crippen molar-refractivity contribution in [2.75, 3.05) is 0 Å². The van der Waals surface area contributed by atoms with Crippen LogP contribution in [-0.2, 0) is 24.3 Å². The van der Waals surface area contributed by atoms with Gasteiger partial charge in [0.1, 0.15) is 0 Å². The number of aryl methyl sites for hydroxylation is 2. The van der Waals surface area contributed by atoms with E-state index in [9.17, 15) is 4.79 Å². The van der Waals surface area contributed by atoms with Crippen LogP contribution in [0.25, 0.3) is 0 Å². The van der Waals surface area contributed by atoms with Gasteiger partial charge in [-0.2, -0.15) is 0 Å². The minimum absolute atomic E-state index is 0.0383. The molecular weight excluding hydrogens is 260 g/mol. The number of amides is 1. The molecule has 0 radical (unpaired) electrons. The number of benzene rings is 2. The topological polar surface area (TPSA) is 55.1 Å². The van der Waals surface area contributed by atoms with Crippen LogP contribution < -0.4 is 11.1 Å². The Balaban J connectivity index is 1.91. The summed E-state index contributed by atoms with van der Waals surface area (Å²) in [6, 6.07) is 14.1. The third kappa shape index (κ3) is 4.43. The first-order valence-electron chi connectivity index (χ1n) is 7.19. The van der Waals surface area contributed by atoms with Crippen molar-refractivity contribution in [2.24, 2.45) is 5.73 Å². The molecule has 2 aromatic carbocycles. The van der Waals surface area contributed by atoms with Gasteiger partial charge in [0.2, 0.25) is 5.91 Å². The molecule has 0 aliphatic heterocycles. The van der Waals surface area contributed by atoms with Crippen LogP contribution in [0.3, 0.4) is 0 Å². The summed E-state index contributed by atoms with van der Waals surface area (Å²) in [5, 5.41) is 2.95. The van der Waals surface area contributed by atoms with Gasteiger partial charge in [0.25, 0.3) is 0 Å². The van der Waals surface area contributed by atoms with E-state index in [1.165, 1.54) is 11.1 Å². The van der Waals surface area contributed by atoms with E-state index in [1.807, 2.05) is 30.3 Å². The SMILES string of the molecule is Cc1ccc(CC(=O)NCc2cccc(CN)c2)cc1C. The number of rotatable bonds is 5. The third-order valence-corrected chi connectivity index (χ3v) is 3.65. The van der Waals surface area contributed by atoms with Gasteiger partial charge in [-0.25, -0.2) is 0 Å². The summed E-state index contributed by atoms with van der Waals surface area (Å²) in [6.45, 7) is 5.20. The van der Waals surface area contributed by atoms with Gasteiger partial charge in [-0.05, 0) is 41.7 Å². The van der Waals surface area contributed by atoms with Crippen molar-refractivity contribution in [3.63, 3.8) is 0 Å². The summed E-state index contributed by atoms with van der Waals surface area (Å²) < 4.78 is 0. The van der Waals surface area contributed by atoms with Crippen molar-refractivity contribution in [3.8, 4) is 0 Å². The van der Waals surface area contributed by atoms with Crippen molar-refractivity contribution in [1.82, 2.24) is 5.32 Å². The number of nitrogens with two attached hydrogens (primary N) is 1. The lowest BCUT2D eigenvalue weighted by molar-refractivity contribution is -0.120. The summed E-state index contributed by atoms with van der Waals surface area (Å²) in [4.78, 5) is 12.0. The molecule has 0 aliphatic rings. The zero-order valence-electron chi connectivity index (χ0n) is 12.6. The van der Waals surface area contributed by atoms with E-state index in [0.29, 0.717) is 19.5 Å². The molecular formula is C18H22N2O. The van der Waals surface area contributed by atoms with E-state index < -0.39 is 0 Å². The smallest absolute Gasteiger partial charge is 0.224 e. The Hall–Kier alpha value is -2.13. The highest BCUT2D eigenvalue weighted by molar-refractivity contribution is 5.78. The second kappa shape index (κ2) is 7.04. The van der Waals surface area contributed by atoms with Crippen LogP contribution in [0, 0.1) is 13.8 Å². The predicted molar refractivity (Wildman–Crippen MR) is 85.8 cm³/mol. The fraction of sp³-hybridized carbons (Fsp3) is 0.278. The molecule has 3 heteroatoms. The van der Waals surface area contributed by atoms with Crippen LogP contribution in [0.5, 0.6) is 0 Å². The monoisotopic (exact) mass is 282 g/mol. The molecule has 0 unspecified atom stereocenters. The molecule has 0 saturated carbocycles. The Morgan fingerprint density at radius 3 is 2.48 bits per heavy atom. The number of hydrogen-bond acceptors (Lipinski definition) is 2. The molecule has 3 nitrogen and oxygen atoms in total. The Morgan fingerprint density at radius 2 is 1.76 bits per heavy atom. The number of carbonyl (C=O) groups is 1. The molecule has 2 aromatic rings. The summed E-state index contributed by atoms with van der Waals surface area (Å²) in [7, 11) is 0. The summed E-state index contributed by atoms with van der Waals surface area (Å²) in [5.74, 6) is 0.0383. The maximum atomic E-state index is 12.0. The van der Waals surface area contributed by atoms with Gasteiger partial charge in [0, 0.05) is 13.1 Å². The fourth-order valence-electron chi connectivity index (χ4n) is 2.23. The Kier molecular flexibility index (Phi) is 5.12. The molecule has 0 bridgehead atoms. The van der Waals surface area contributed by atoms with Crippen LogP contribution in [0.1, 0.15) is 27.8 Å². The van der Waals surface area contributed by atoms with Crippen LogP contribution >= 0.6 is 0 Å². The average molecular weight is 282 g/mol. The van der Waals surface area contributed by atoms with Gasteiger partial charge in [-0.15, -0.1) is 0 Å². The Morgan fingerprint density at radius 1 is 1.00 bits per heavy atom. The first kappa shape index (κ1) is 15.3. The second-order valence-electron chi connectivity index (χ2n) is 5.40. The summed E-state index contributed by atoms with van der Waals surface area (Å²) >= 11 is 0. The van der Waals surface area contributed by atoms with Gasteiger partial charge in [-0.1, -0.05) is 42.5 Å². The first-order valence-corrected chi connectivity index (χ1v) is 7.19. The molecule has 0 atom stereocenters. The standard InChI is InChI=1S/C18H22N2O/c1-13-6-7-15(8-14(13)2)10-18(21)20-12-17-5-3-4-16(9-17)11-19/h3-9H,10-12,19H2,1-2H3,(H,20,21). The molecule has 1 amide bonds. The summed E-state index contributed by atoms with van der Waals surface area (Å²) in [6.07, 6.45) is 0.414. The van der Waals surface area contributed by atoms with E-state index in [0.717, 1.165) is 16.7 Å². The van der Waals surface area contributed by atoms with Crippen LogP contribution in [-0.4, -0.2) is 5.91 Å². The lowest BCUT2D eigenvalue weighted by atomic mass is 10.0. The highest BCUT2D eigenvalue weighted by atomic mass is 16.1.